The molecule has 0 spiro atoms. The Kier molecular flexibility index (Phi) is 3.58. The number of sulfonamides is 1. The number of nitrogen functional groups attached to an aromatic ring is 1. The van der Waals surface area contributed by atoms with Gasteiger partial charge < -0.3 is 5.73 Å². The topological polar surface area (TPSA) is 72.2 Å². The molecule has 0 fully saturated rings. The second kappa shape index (κ2) is 5.04. The second-order valence-corrected chi connectivity index (χ2v) is 5.57. The van der Waals surface area contributed by atoms with Crippen LogP contribution in [-0.4, -0.2) is 8.42 Å². The first-order valence-electron chi connectivity index (χ1n) is 5.33. The molecule has 3 N–H and O–H groups in total. The molecule has 0 aromatic heterocycles. The van der Waals surface area contributed by atoms with E-state index in [0.29, 0.717) is 0 Å². The summed E-state index contributed by atoms with van der Waals surface area (Å²) in [5.74, 6) is -3.27. The van der Waals surface area contributed by atoms with Crippen LogP contribution < -0.4 is 10.5 Å². The number of hydrogen-bond donors (Lipinski definition) is 2. The summed E-state index contributed by atoms with van der Waals surface area (Å²) in [6, 6.07) is 5.65. The summed E-state index contributed by atoms with van der Waals surface area (Å²) in [5.41, 5.74) is 4.45. The molecule has 0 heterocycles. The lowest BCUT2D eigenvalue weighted by atomic mass is 10.2. The Morgan fingerprint density at radius 1 is 0.950 bits per heavy atom. The van der Waals surface area contributed by atoms with E-state index >= 15 is 0 Å². The van der Waals surface area contributed by atoms with Crippen LogP contribution in [0.15, 0.2) is 41.3 Å². The summed E-state index contributed by atoms with van der Waals surface area (Å²) in [6.45, 7) is 0. The first-order valence-corrected chi connectivity index (χ1v) is 6.81. The molecular weight excluding hydrogens is 293 g/mol. The Bertz CT molecular complexity index is 746. The van der Waals surface area contributed by atoms with E-state index in [9.17, 15) is 21.6 Å². The largest absolute Gasteiger partial charge is 0.397 e. The number of halogens is 3. The van der Waals surface area contributed by atoms with E-state index in [1.165, 1.54) is 0 Å². The number of nitrogens with two attached hydrogens (primary N) is 1. The first kappa shape index (κ1) is 14.2. The third-order valence-corrected chi connectivity index (χ3v) is 3.85. The number of nitrogens with one attached hydrogen (secondary N) is 1. The highest BCUT2D eigenvalue weighted by atomic mass is 32.2. The Hall–Kier alpha value is -2.22. The lowest BCUT2D eigenvalue weighted by Gasteiger charge is -2.11. The lowest BCUT2D eigenvalue weighted by Crippen LogP contribution is -2.16. The van der Waals surface area contributed by atoms with Gasteiger partial charge in [0.2, 0.25) is 0 Å². The monoisotopic (exact) mass is 302 g/mol. The summed E-state index contributed by atoms with van der Waals surface area (Å²) >= 11 is 0. The van der Waals surface area contributed by atoms with Crippen LogP contribution in [0.1, 0.15) is 0 Å². The van der Waals surface area contributed by atoms with E-state index in [0.717, 1.165) is 36.4 Å². The molecule has 2 aromatic rings. The van der Waals surface area contributed by atoms with Crippen molar-refractivity contribution in [3.05, 3.63) is 53.8 Å². The van der Waals surface area contributed by atoms with Crippen LogP contribution in [0.4, 0.5) is 24.5 Å². The Morgan fingerprint density at radius 3 is 2.15 bits per heavy atom. The van der Waals surface area contributed by atoms with Gasteiger partial charge in [0.1, 0.15) is 11.5 Å². The minimum Gasteiger partial charge on any atom is -0.397 e. The highest BCUT2D eigenvalue weighted by molar-refractivity contribution is 7.92. The predicted octanol–water partition coefficient (Wildman–Crippen LogP) is 2.49. The van der Waals surface area contributed by atoms with Crippen molar-refractivity contribution in [2.75, 3.05) is 10.5 Å². The fourth-order valence-electron chi connectivity index (χ4n) is 1.48. The molecule has 106 valence electrons. The van der Waals surface area contributed by atoms with Crippen molar-refractivity contribution < 1.29 is 21.6 Å². The van der Waals surface area contributed by atoms with Crippen LogP contribution in [0.25, 0.3) is 0 Å². The molecule has 0 aliphatic rings. The van der Waals surface area contributed by atoms with E-state index < -0.39 is 33.2 Å². The van der Waals surface area contributed by atoms with E-state index in [-0.39, 0.29) is 10.6 Å². The predicted molar refractivity (Wildman–Crippen MR) is 68.0 cm³/mol. The molecule has 0 aliphatic carbocycles. The molecule has 0 unspecified atom stereocenters. The van der Waals surface area contributed by atoms with Crippen molar-refractivity contribution >= 4 is 21.4 Å². The number of hydrogen-bond acceptors (Lipinski definition) is 3. The van der Waals surface area contributed by atoms with Crippen LogP contribution in [0.5, 0.6) is 0 Å². The minimum absolute atomic E-state index is 0.269. The van der Waals surface area contributed by atoms with E-state index in [1.54, 1.807) is 0 Å². The first-order chi connectivity index (χ1) is 9.31. The fourth-order valence-corrected chi connectivity index (χ4v) is 2.56. The molecule has 0 bridgehead atoms. The van der Waals surface area contributed by atoms with Gasteiger partial charge in [-0.2, -0.15) is 0 Å². The molecule has 0 atom stereocenters. The van der Waals surface area contributed by atoms with Gasteiger partial charge in [-0.1, -0.05) is 0 Å². The Balaban J connectivity index is 2.43. The maximum atomic E-state index is 13.5. The Labute approximate surface area is 113 Å². The molecule has 0 amide bonds. The average Bonchev–Trinajstić information content (AvgIpc) is 2.40. The summed E-state index contributed by atoms with van der Waals surface area (Å²) in [5, 5.41) is 0. The second-order valence-electron chi connectivity index (χ2n) is 3.89. The van der Waals surface area contributed by atoms with Crippen LogP contribution in [-0.2, 0) is 10.0 Å². The average molecular weight is 302 g/mol. The van der Waals surface area contributed by atoms with Gasteiger partial charge in [0.25, 0.3) is 10.0 Å². The Morgan fingerprint density at radius 2 is 1.55 bits per heavy atom. The van der Waals surface area contributed by atoms with Gasteiger partial charge in [-0.3, -0.25) is 4.72 Å². The lowest BCUT2D eigenvalue weighted by molar-refractivity contribution is 0.512. The van der Waals surface area contributed by atoms with Crippen molar-refractivity contribution in [2.45, 2.75) is 4.90 Å². The van der Waals surface area contributed by atoms with Gasteiger partial charge in [-0.05, 0) is 36.4 Å². The molecule has 0 radical (unpaired) electrons. The van der Waals surface area contributed by atoms with Crippen molar-refractivity contribution in [2.24, 2.45) is 0 Å². The van der Waals surface area contributed by atoms with Gasteiger partial charge in [0, 0.05) is 0 Å². The molecule has 4 nitrogen and oxygen atoms in total. The van der Waals surface area contributed by atoms with Crippen LogP contribution in [0.3, 0.4) is 0 Å². The van der Waals surface area contributed by atoms with Gasteiger partial charge >= 0.3 is 0 Å². The van der Waals surface area contributed by atoms with E-state index in [1.807, 2.05) is 4.72 Å². The molecule has 2 rings (SSSR count). The number of anilines is 2. The third-order valence-electron chi connectivity index (χ3n) is 2.49. The normalized spacial score (nSPS) is 11.3. The van der Waals surface area contributed by atoms with E-state index in [2.05, 4.69) is 0 Å². The van der Waals surface area contributed by atoms with Gasteiger partial charge in [-0.25, -0.2) is 21.6 Å². The van der Waals surface area contributed by atoms with Crippen molar-refractivity contribution in [1.82, 2.24) is 0 Å². The molecule has 8 heteroatoms. The molecule has 0 saturated heterocycles. The maximum absolute atomic E-state index is 13.5. The molecule has 0 saturated carbocycles. The highest BCUT2D eigenvalue weighted by Gasteiger charge is 2.20. The molecular formula is C12H9F3N2O2S. The van der Waals surface area contributed by atoms with Crippen LogP contribution >= 0.6 is 0 Å². The maximum Gasteiger partial charge on any atom is 0.262 e. The SMILES string of the molecule is Nc1ccc(F)c(F)c1NS(=O)(=O)c1ccc(F)cc1. The third kappa shape index (κ3) is 2.69. The summed E-state index contributed by atoms with van der Waals surface area (Å²) in [7, 11) is -4.20. The summed E-state index contributed by atoms with van der Waals surface area (Å²) in [4.78, 5) is -0.304. The number of benzene rings is 2. The zero-order valence-corrected chi connectivity index (χ0v) is 10.7. The van der Waals surface area contributed by atoms with Crippen molar-refractivity contribution in [1.29, 1.82) is 0 Å². The van der Waals surface area contributed by atoms with Crippen LogP contribution in [0, 0.1) is 17.5 Å². The summed E-state index contributed by atoms with van der Waals surface area (Å²) < 4.78 is 65.1. The number of rotatable bonds is 3. The quantitative estimate of drug-likeness (QED) is 0.856. The van der Waals surface area contributed by atoms with Crippen molar-refractivity contribution in [3.63, 3.8) is 0 Å². The van der Waals surface area contributed by atoms with Gasteiger partial charge in [-0.15, -0.1) is 0 Å². The molecule has 2 aromatic carbocycles. The smallest absolute Gasteiger partial charge is 0.262 e. The fraction of sp³-hybridized carbons (Fsp3) is 0. The van der Waals surface area contributed by atoms with E-state index in [4.69, 9.17) is 5.73 Å². The standard InChI is InChI=1S/C12H9F3N2O2S/c13-7-1-3-8(4-2-7)20(18,19)17-12-10(16)6-5-9(14)11(12)15/h1-6,17H,16H2. The highest BCUT2D eigenvalue weighted by Crippen LogP contribution is 2.27. The zero-order valence-electron chi connectivity index (χ0n) is 9.90. The molecule has 0 aliphatic heterocycles. The minimum atomic E-state index is -4.20. The summed E-state index contributed by atoms with van der Waals surface area (Å²) in [6.07, 6.45) is 0. The van der Waals surface area contributed by atoms with Gasteiger partial charge in [0.05, 0.1) is 10.6 Å². The van der Waals surface area contributed by atoms with Crippen LogP contribution in [0.2, 0.25) is 0 Å². The molecule has 20 heavy (non-hydrogen) atoms. The van der Waals surface area contributed by atoms with Gasteiger partial charge in [0.15, 0.2) is 11.6 Å². The van der Waals surface area contributed by atoms with Crippen molar-refractivity contribution in [3.8, 4) is 0 Å². The zero-order chi connectivity index (χ0) is 14.9.